The van der Waals surface area contributed by atoms with Crippen LogP contribution in [0.25, 0.3) is 33.1 Å². The van der Waals surface area contributed by atoms with Gasteiger partial charge in [0.1, 0.15) is 5.01 Å². The van der Waals surface area contributed by atoms with Crippen LogP contribution in [0.2, 0.25) is 0 Å². The van der Waals surface area contributed by atoms with Gasteiger partial charge in [0, 0.05) is 5.39 Å². The fraction of sp³-hybridized carbons (Fsp3) is 0.0500. The summed E-state index contributed by atoms with van der Waals surface area (Å²) in [5.74, 6) is 0. The van der Waals surface area contributed by atoms with E-state index in [1.165, 1.54) is 26.6 Å². The fourth-order valence-electron chi connectivity index (χ4n) is 2.69. The van der Waals surface area contributed by atoms with E-state index in [-0.39, 0.29) is 0 Å². The van der Waals surface area contributed by atoms with Gasteiger partial charge in [0.15, 0.2) is 0 Å². The highest BCUT2D eigenvalue weighted by molar-refractivity contribution is 7.19. The van der Waals surface area contributed by atoms with E-state index in [4.69, 9.17) is 4.98 Å². The lowest BCUT2D eigenvalue weighted by atomic mass is 10.1. The molecule has 0 spiro atoms. The first-order valence-electron chi connectivity index (χ1n) is 7.33. The highest BCUT2D eigenvalue weighted by Crippen LogP contribution is 2.30. The lowest BCUT2D eigenvalue weighted by Crippen LogP contribution is -1.76. The maximum Gasteiger partial charge on any atom is 0.117 e. The Bertz CT molecular complexity index is 995. The Morgan fingerprint density at radius 3 is 2.73 bits per heavy atom. The molecule has 0 fully saturated rings. The molecule has 0 aliphatic rings. The van der Waals surface area contributed by atoms with Crippen LogP contribution in [-0.4, -0.2) is 4.98 Å². The molecule has 4 rings (SSSR count). The zero-order chi connectivity index (χ0) is 14.9. The molecule has 1 heterocycles. The van der Waals surface area contributed by atoms with Gasteiger partial charge in [0.25, 0.3) is 0 Å². The fourth-order valence-corrected chi connectivity index (χ4v) is 3.58. The maximum absolute atomic E-state index is 4.81. The molecule has 2 heteroatoms. The molecule has 0 aliphatic heterocycles. The Kier molecular flexibility index (Phi) is 3.24. The van der Waals surface area contributed by atoms with E-state index in [0.717, 1.165) is 10.5 Å². The summed E-state index contributed by atoms with van der Waals surface area (Å²) in [6, 6.07) is 21.3. The van der Waals surface area contributed by atoms with Gasteiger partial charge in [-0.25, -0.2) is 4.98 Å². The quantitative estimate of drug-likeness (QED) is 0.447. The van der Waals surface area contributed by atoms with Gasteiger partial charge in [-0.1, -0.05) is 66.2 Å². The second-order valence-electron chi connectivity index (χ2n) is 5.43. The molecule has 1 nitrogen and oxygen atoms in total. The molecule has 0 saturated heterocycles. The van der Waals surface area contributed by atoms with E-state index in [1.807, 2.05) is 0 Å². The standard InChI is InChI=1S/C20H15NS/c1-14-5-4-6-15(13-14)9-12-19-21-20-17-8-3-2-7-16(17)10-11-18(20)22-19/h2-13H,1H3. The first kappa shape index (κ1) is 13.2. The molecule has 0 saturated carbocycles. The Morgan fingerprint density at radius 1 is 0.909 bits per heavy atom. The molecule has 0 radical (unpaired) electrons. The number of thiazole rings is 1. The van der Waals surface area contributed by atoms with Crippen molar-refractivity contribution in [1.29, 1.82) is 0 Å². The van der Waals surface area contributed by atoms with Gasteiger partial charge >= 0.3 is 0 Å². The lowest BCUT2D eigenvalue weighted by molar-refractivity contribution is 1.46. The van der Waals surface area contributed by atoms with Gasteiger partial charge < -0.3 is 0 Å². The van der Waals surface area contributed by atoms with Gasteiger partial charge in [0.05, 0.1) is 10.2 Å². The Balaban J connectivity index is 1.78. The van der Waals surface area contributed by atoms with Crippen molar-refractivity contribution in [1.82, 2.24) is 4.98 Å². The van der Waals surface area contributed by atoms with Crippen molar-refractivity contribution in [3.8, 4) is 0 Å². The molecule has 0 unspecified atom stereocenters. The molecule has 0 atom stereocenters. The zero-order valence-electron chi connectivity index (χ0n) is 12.3. The monoisotopic (exact) mass is 301 g/mol. The summed E-state index contributed by atoms with van der Waals surface area (Å²) in [5.41, 5.74) is 3.59. The molecule has 3 aromatic carbocycles. The van der Waals surface area contributed by atoms with E-state index in [9.17, 15) is 0 Å². The number of hydrogen-bond acceptors (Lipinski definition) is 2. The van der Waals surface area contributed by atoms with E-state index in [1.54, 1.807) is 11.3 Å². The number of nitrogens with zero attached hydrogens (tertiary/aromatic N) is 1. The first-order chi connectivity index (χ1) is 10.8. The number of benzene rings is 3. The summed E-state index contributed by atoms with van der Waals surface area (Å²) in [6.45, 7) is 2.11. The average Bonchev–Trinajstić information content (AvgIpc) is 2.97. The molecule has 0 amide bonds. The smallest absolute Gasteiger partial charge is 0.117 e. The molecular formula is C20H15NS. The van der Waals surface area contributed by atoms with E-state index in [2.05, 4.69) is 79.7 Å². The van der Waals surface area contributed by atoms with Crippen LogP contribution in [0.1, 0.15) is 16.1 Å². The predicted octanol–water partition coefficient (Wildman–Crippen LogP) is 5.93. The van der Waals surface area contributed by atoms with Crippen LogP contribution in [0.4, 0.5) is 0 Å². The van der Waals surface area contributed by atoms with Crippen molar-refractivity contribution in [2.24, 2.45) is 0 Å². The molecule has 0 aliphatic carbocycles. The predicted molar refractivity (Wildman–Crippen MR) is 97.2 cm³/mol. The van der Waals surface area contributed by atoms with Crippen molar-refractivity contribution in [2.45, 2.75) is 6.92 Å². The van der Waals surface area contributed by atoms with Crippen LogP contribution in [0.5, 0.6) is 0 Å². The molecule has 22 heavy (non-hydrogen) atoms. The summed E-state index contributed by atoms with van der Waals surface area (Å²) >= 11 is 1.74. The number of aromatic nitrogens is 1. The third-order valence-corrected chi connectivity index (χ3v) is 4.75. The van der Waals surface area contributed by atoms with Gasteiger partial charge in [0.2, 0.25) is 0 Å². The minimum atomic E-state index is 1.05. The second kappa shape index (κ2) is 5.39. The maximum atomic E-state index is 4.81. The van der Waals surface area contributed by atoms with E-state index >= 15 is 0 Å². The highest BCUT2D eigenvalue weighted by atomic mass is 32.1. The van der Waals surface area contributed by atoms with Gasteiger partial charge in [-0.15, -0.1) is 11.3 Å². The highest BCUT2D eigenvalue weighted by Gasteiger charge is 2.05. The van der Waals surface area contributed by atoms with Crippen molar-refractivity contribution in [3.05, 3.63) is 76.8 Å². The molecule has 0 N–H and O–H groups in total. The zero-order valence-corrected chi connectivity index (χ0v) is 13.1. The van der Waals surface area contributed by atoms with Crippen molar-refractivity contribution >= 4 is 44.5 Å². The van der Waals surface area contributed by atoms with Crippen molar-refractivity contribution in [3.63, 3.8) is 0 Å². The average molecular weight is 301 g/mol. The molecule has 4 aromatic rings. The third kappa shape index (κ3) is 2.42. The topological polar surface area (TPSA) is 12.9 Å². The molecule has 106 valence electrons. The Morgan fingerprint density at radius 2 is 1.82 bits per heavy atom. The minimum absolute atomic E-state index is 1.05. The summed E-state index contributed by atoms with van der Waals surface area (Å²) in [4.78, 5) is 4.81. The SMILES string of the molecule is Cc1cccc(C=Cc2nc3c(ccc4ccccc43)s2)c1. The van der Waals surface area contributed by atoms with Crippen molar-refractivity contribution in [2.75, 3.05) is 0 Å². The van der Waals surface area contributed by atoms with E-state index in [0.29, 0.717) is 0 Å². The van der Waals surface area contributed by atoms with Crippen molar-refractivity contribution < 1.29 is 0 Å². The minimum Gasteiger partial charge on any atom is -0.236 e. The number of rotatable bonds is 2. The summed E-state index contributed by atoms with van der Waals surface area (Å²) in [6.07, 6.45) is 4.24. The van der Waals surface area contributed by atoms with E-state index < -0.39 is 0 Å². The number of hydrogen-bond donors (Lipinski definition) is 0. The van der Waals surface area contributed by atoms with Gasteiger partial charge in [-0.2, -0.15) is 0 Å². The number of aryl methyl sites for hydroxylation is 1. The van der Waals surface area contributed by atoms with Crippen LogP contribution in [-0.2, 0) is 0 Å². The normalized spacial score (nSPS) is 11.7. The van der Waals surface area contributed by atoms with Gasteiger partial charge in [-0.05, 0) is 30.0 Å². The number of fused-ring (bicyclic) bond motifs is 3. The molecular weight excluding hydrogens is 286 g/mol. The first-order valence-corrected chi connectivity index (χ1v) is 8.14. The van der Waals surface area contributed by atoms with Crippen LogP contribution < -0.4 is 0 Å². The summed E-state index contributed by atoms with van der Waals surface area (Å²) in [7, 11) is 0. The van der Waals surface area contributed by atoms with Crippen LogP contribution in [0.3, 0.4) is 0 Å². The van der Waals surface area contributed by atoms with Gasteiger partial charge in [-0.3, -0.25) is 0 Å². The Hall–Kier alpha value is -2.45. The summed E-state index contributed by atoms with van der Waals surface area (Å²) in [5, 5.41) is 3.52. The van der Waals surface area contributed by atoms with Crippen LogP contribution in [0, 0.1) is 6.92 Å². The second-order valence-corrected chi connectivity index (χ2v) is 6.50. The van der Waals surface area contributed by atoms with Crippen LogP contribution in [0.15, 0.2) is 60.7 Å². The summed E-state index contributed by atoms with van der Waals surface area (Å²) < 4.78 is 1.24. The molecule has 1 aromatic heterocycles. The third-order valence-electron chi connectivity index (χ3n) is 3.76. The van der Waals surface area contributed by atoms with Crippen LogP contribution >= 0.6 is 11.3 Å². The molecule has 0 bridgehead atoms. The Labute approximate surface area is 133 Å². The largest absolute Gasteiger partial charge is 0.236 e. The lowest BCUT2D eigenvalue weighted by Gasteiger charge is -1.96.